The van der Waals surface area contributed by atoms with Gasteiger partial charge in [-0.2, -0.15) is 0 Å². The molecular weight excluding hydrogens is 244 g/mol. The van der Waals surface area contributed by atoms with Crippen LogP contribution in [0.3, 0.4) is 0 Å². The molecule has 0 N–H and O–H groups in total. The van der Waals surface area contributed by atoms with E-state index in [2.05, 4.69) is 24.3 Å². The summed E-state index contributed by atoms with van der Waals surface area (Å²) in [5.74, 6) is -0.0935. The summed E-state index contributed by atoms with van der Waals surface area (Å²) < 4.78 is 0. The minimum absolute atomic E-state index is 0.0935. The molecule has 1 nitrogen and oxygen atoms in total. The molecule has 1 aliphatic rings. The van der Waals surface area contributed by atoms with Crippen LogP contribution in [0.25, 0.3) is 0 Å². The van der Waals surface area contributed by atoms with Crippen molar-refractivity contribution < 1.29 is 4.79 Å². The van der Waals surface area contributed by atoms with Crippen molar-refractivity contribution in [3.8, 4) is 0 Å². The molecular formula is C16H13ClO. The lowest BCUT2D eigenvalue weighted by atomic mass is 9.86. The van der Waals surface area contributed by atoms with E-state index in [1.807, 2.05) is 36.4 Å². The number of halogens is 1. The zero-order chi connectivity index (χ0) is 12.6. The maximum absolute atomic E-state index is 11.5. The van der Waals surface area contributed by atoms with Gasteiger partial charge in [-0.05, 0) is 29.1 Å². The van der Waals surface area contributed by atoms with E-state index < -0.39 is 0 Å². The molecule has 1 saturated carbocycles. The van der Waals surface area contributed by atoms with Crippen LogP contribution in [0.1, 0.15) is 17.5 Å². The van der Waals surface area contributed by atoms with E-state index in [1.54, 1.807) is 0 Å². The summed E-state index contributed by atoms with van der Waals surface area (Å²) >= 11 is 5.72. The summed E-state index contributed by atoms with van der Waals surface area (Å²) in [7, 11) is 0. The molecule has 1 fully saturated rings. The van der Waals surface area contributed by atoms with Crippen LogP contribution in [0.2, 0.25) is 0 Å². The Bertz CT molecular complexity index is 523. The molecule has 2 heteroatoms. The Morgan fingerprint density at radius 1 is 0.944 bits per heavy atom. The summed E-state index contributed by atoms with van der Waals surface area (Å²) in [4.78, 5) is 11.5. The predicted octanol–water partition coefficient (Wildman–Crippen LogP) is 3.76. The SMILES string of the molecule is O=C(Cl)C1CC1(c1ccccc1)c1ccccc1. The molecule has 0 spiro atoms. The lowest BCUT2D eigenvalue weighted by Crippen LogP contribution is -2.14. The summed E-state index contributed by atoms with van der Waals surface area (Å²) in [6.45, 7) is 0. The van der Waals surface area contributed by atoms with Gasteiger partial charge in [-0.3, -0.25) is 4.79 Å². The lowest BCUT2D eigenvalue weighted by Gasteiger charge is -2.17. The zero-order valence-electron chi connectivity index (χ0n) is 9.84. The van der Waals surface area contributed by atoms with Gasteiger partial charge in [0.1, 0.15) is 0 Å². The second kappa shape index (κ2) is 4.25. The van der Waals surface area contributed by atoms with Crippen LogP contribution in [0.4, 0.5) is 0 Å². The van der Waals surface area contributed by atoms with Gasteiger partial charge < -0.3 is 0 Å². The van der Waals surface area contributed by atoms with E-state index in [9.17, 15) is 4.79 Å². The van der Waals surface area contributed by atoms with Gasteiger partial charge >= 0.3 is 0 Å². The fraction of sp³-hybridized carbons (Fsp3) is 0.188. The van der Waals surface area contributed by atoms with Gasteiger partial charge in [-0.15, -0.1) is 0 Å². The molecule has 0 heterocycles. The summed E-state index contributed by atoms with van der Waals surface area (Å²) in [6.07, 6.45) is 0.809. The maximum Gasteiger partial charge on any atom is 0.225 e. The third-order valence-corrected chi connectivity index (χ3v) is 4.08. The van der Waals surface area contributed by atoms with E-state index >= 15 is 0 Å². The average molecular weight is 257 g/mol. The second-order valence-corrected chi connectivity index (χ2v) is 5.14. The molecule has 0 radical (unpaired) electrons. The Hall–Kier alpha value is -1.60. The molecule has 1 atom stereocenters. The van der Waals surface area contributed by atoms with Crippen LogP contribution in [0.5, 0.6) is 0 Å². The first kappa shape index (κ1) is 11.5. The van der Waals surface area contributed by atoms with Gasteiger partial charge in [-0.25, -0.2) is 0 Å². The van der Waals surface area contributed by atoms with Gasteiger partial charge in [0.2, 0.25) is 5.24 Å². The fourth-order valence-electron chi connectivity index (χ4n) is 2.81. The molecule has 0 aliphatic heterocycles. The van der Waals surface area contributed by atoms with Crippen LogP contribution >= 0.6 is 11.6 Å². The highest BCUT2D eigenvalue weighted by molar-refractivity contribution is 6.64. The van der Waals surface area contributed by atoms with Gasteiger partial charge in [0.05, 0.1) is 0 Å². The van der Waals surface area contributed by atoms with Crippen molar-refractivity contribution in [2.45, 2.75) is 11.8 Å². The van der Waals surface area contributed by atoms with E-state index in [0.717, 1.165) is 6.42 Å². The van der Waals surface area contributed by atoms with Gasteiger partial charge in [0.25, 0.3) is 0 Å². The Balaban J connectivity index is 2.11. The van der Waals surface area contributed by atoms with Crippen LogP contribution in [0.15, 0.2) is 60.7 Å². The monoisotopic (exact) mass is 256 g/mol. The molecule has 2 aromatic carbocycles. The Morgan fingerprint density at radius 2 is 1.39 bits per heavy atom. The molecule has 1 unspecified atom stereocenters. The highest BCUT2D eigenvalue weighted by Crippen LogP contribution is 2.59. The van der Waals surface area contributed by atoms with Crippen LogP contribution in [0, 0.1) is 5.92 Å². The highest BCUT2D eigenvalue weighted by Gasteiger charge is 2.59. The first-order chi connectivity index (χ1) is 8.75. The maximum atomic E-state index is 11.5. The Kier molecular flexibility index (Phi) is 2.71. The van der Waals surface area contributed by atoms with Crippen LogP contribution in [-0.2, 0) is 10.2 Å². The predicted molar refractivity (Wildman–Crippen MR) is 72.6 cm³/mol. The largest absolute Gasteiger partial charge is 0.281 e. The number of benzene rings is 2. The van der Waals surface area contributed by atoms with E-state index in [4.69, 9.17) is 11.6 Å². The van der Waals surface area contributed by atoms with E-state index in [-0.39, 0.29) is 16.6 Å². The molecule has 2 aromatic rings. The number of hydrogen-bond donors (Lipinski definition) is 0. The Labute approximate surface area is 111 Å². The molecule has 0 saturated heterocycles. The Morgan fingerprint density at radius 3 is 1.72 bits per heavy atom. The minimum atomic E-state index is -0.234. The number of carbonyl (C=O) groups excluding carboxylic acids is 1. The van der Waals surface area contributed by atoms with Crippen molar-refractivity contribution in [3.05, 3.63) is 71.8 Å². The van der Waals surface area contributed by atoms with Crippen molar-refractivity contribution in [3.63, 3.8) is 0 Å². The summed E-state index contributed by atoms with van der Waals surface area (Å²) in [5.41, 5.74) is 2.15. The fourth-order valence-corrected chi connectivity index (χ4v) is 3.08. The average Bonchev–Trinajstić information content (AvgIpc) is 3.18. The molecule has 90 valence electrons. The first-order valence-corrected chi connectivity index (χ1v) is 6.43. The van der Waals surface area contributed by atoms with Gasteiger partial charge in [-0.1, -0.05) is 60.7 Å². The molecule has 0 bridgehead atoms. The third kappa shape index (κ3) is 1.67. The van der Waals surface area contributed by atoms with Crippen molar-refractivity contribution in [1.29, 1.82) is 0 Å². The summed E-state index contributed by atoms with van der Waals surface area (Å²) in [6, 6.07) is 20.3. The minimum Gasteiger partial charge on any atom is -0.281 e. The zero-order valence-corrected chi connectivity index (χ0v) is 10.6. The molecule has 18 heavy (non-hydrogen) atoms. The number of hydrogen-bond acceptors (Lipinski definition) is 1. The van der Waals surface area contributed by atoms with E-state index in [1.165, 1.54) is 11.1 Å². The van der Waals surface area contributed by atoms with Crippen molar-refractivity contribution in [1.82, 2.24) is 0 Å². The first-order valence-electron chi connectivity index (χ1n) is 6.05. The molecule has 1 aliphatic carbocycles. The van der Waals surface area contributed by atoms with E-state index in [0.29, 0.717) is 0 Å². The normalized spacial score (nSPS) is 20.4. The lowest BCUT2D eigenvalue weighted by molar-refractivity contribution is -0.113. The molecule has 3 rings (SSSR count). The number of carbonyl (C=O) groups is 1. The third-order valence-electron chi connectivity index (χ3n) is 3.81. The van der Waals surface area contributed by atoms with Gasteiger partial charge in [0, 0.05) is 11.3 Å². The quantitative estimate of drug-likeness (QED) is 0.765. The standard InChI is InChI=1S/C16H13ClO/c17-15(18)14-11-16(14,12-7-3-1-4-8-12)13-9-5-2-6-10-13/h1-10,14H,11H2. The van der Waals surface area contributed by atoms with Crippen molar-refractivity contribution >= 4 is 16.8 Å². The van der Waals surface area contributed by atoms with Crippen LogP contribution in [-0.4, -0.2) is 5.24 Å². The van der Waals surface area contributed by atoms with Gasteiger partial charge in [0.15, 0.2) is 0 Å². The van der Waals surface area contributed by atoms with Crippen molar-refractivity contribution in [2.24, 2.45) is 5.92 Å². The van der Waals surface area contributed by atoms with Crippen LogP contribution < -0.4 is 0 Å². The number of rotatable bonds is 3. The summed E-state index contributed by atoms with van der Waals surface area (Å²) in [5, 5.41) is -0.234. The van der Waals surface area contributed by atoms with Crippen molar-refractivity contribution in [2.75, 3.05) is 0 Å². The topological polar surface area (TPSA) is 17.1 Å². The highest BCUT2D eigenvalue weighted by atomic mass is 35.5. The molecule has 0 aromatic heterocycles. The smallest absolute Gasteiger partial charge is 0.225 e. The second-order valence-electron chi connectivity index (χ2n) is 4.76. The molecule has 0 amide bonds.